The molecule has 0 aliphatic rings. The van der Waals surface area contributed by atoms with Crippen LogP contribution < -0.4 is 0 Å². The Labute approximate surface area is 276 Å². The summed E-state index contributed by atoms with van der Waals surface area (Å²) in [5, 5.41) is 30.9. The Morgan fingerprint density at radius 2 is 0.733 bits per heavy atom. The maximum Gasteiger partial charge on any atom is 0.362 e. The average molecular weight is 639 g/mol. The fourth-order valence-corrected chi connectivity index (χ4v) is 7.16. The summed E-state index contributed by atoms with van der Waals surface area (Å²) in [5.74, 6) is -3.26. The second-order valence-corrected chi connectivity index (χ2v) is 13.4. The molecule has 45 heavy (non-hydrogen) atoms. The first-order valence-electron chi connectivity index (χ1n) is 18.9. The molecule has 0 saturated carbocycles. The van der Waals surface area contributed by atoms with Crippen molar-refractivity contribution in [2.24, 2.45) is 0 Å². The van der Waals surface area contributed by atoms with Crippen molar-refractivity contribution in [3.8, 4) is 0 Å². The van der Waals surface area contributed by atoms with E-state index in [1.807, 2.05) is 20.8 Å². The van der Waals surface area contributed by atoms with Crippen LogP contribution in [0, 0.1) is 0 Å². The highest BCUT2D eigenvalue weighted by Gasteiger charge is 2.56. The first kappa shape index (κ1) is 43.1. The number of unbranched alkanes of at least 4 members (excludes halogenated alkanes) is 17. The van der Waals surface area contributed by atoms with Crippen LogP contribution in [-0.4, -0.2) is 62.4 Å². The van der Waals surface area contributed by atoms with Crippen LogP contribution in [0.1, 0.15) is 188 Å². The molecular weight excluding hydrogens is 566 g/mol. The molecule has 0 aliphatic carbocycles. The van der Waals surface area contributed by atoms with E-state index in [0.717, 1.165) is 38.5 Å². The van der Waals surface area contributed by atoms with Gasteiger partial charge in [0.2, 0.25) is 0 Å². The minimum atomic E-state index is -1.09. The summed E-state index contributed by atoms with van der Waals surface area (Å²) in [6.07, 6.45) is 30.4. The second kappa shape index (κ2) is 28.3. The number of hydrogen-bond acceptors (Lipinski definition) is 3. The first-order chi connectivity index (χ1) is 21.7. The van der Waals surface area contributed by atoms with Crippen molar-refractivity contribution in [3.63, 3.8) is 0 Å². The minimum Gasteiger partial charge on any atom is -0.477 e. The van der Waals surface area contributed by atoms with Gasteiger partial charge in [0.25, 0.3) is 0 Å². The number of nitrogens with zero attached hydrogens (tertiary/aromatic N) is 1. The maximum atomic E-state index is 12.6. The summed E-state index contributed by atoms with van der Waals surface area (Å²) in [6, 6.07) is -3.15. The van der Waals surface area contributed by atoms with E-state index >= 15 is 0 Å². The van der Waals surface area contributed by atoms with Crippen molar-refractivity contribution < 1.29 is 34.2 Å². The summed E-state index contributed by atoms with van der Waals surface area (Å²) in [4.78, 5) is 37.8. The zero-order valence-electron chi connectivity index (χ0n) is 29.8. The smallest absolute Gasteiger partial charge is 0.362 e. The molecular formula is C38H72NO6+. The zero-order chi connectivity index (χ0) is 33.8. The van der Waals surface area contributed by atoms with Crippen molar-refractivity contribution in [2.45, 2.75) is 206 Å². The van der Waals surface area contributed by atoms with Gasteiger partial charge in [-0.1, -0.05) is 123 Å². The standard InChI is InChI=1S/C38H71NO6/c1-5-9-10-11-12-13-14-15-16-17-18-19-20-21-22-23-24-25-26-27-28-32-39(33(29-6-2)36(40)41,34(30-7-3)37(42)43)35(31-8-4)38(44)45/h21-22,33-35H,5-20,23-32H2,1-4H3,(H2-,40,41,42,43,44,45)/p+1/b22-21+. The van der Waals surface area contributed by atoms with Crippen LogP contribution in [0.15, 0.2) is 12.2 Å². The van der Waals surface area contributed by atoms with Crippen LogP contribution in [0.5, 0.6) is 0 Å². The molecule has 0 radical (unpaired) electrons. The number of carboxylic acid groups (broad SMARTS) is 3. The fourth-order valence-electron chi connectivity index (χ4n) is 7.16. The van der Waals surface area contributed by atoms with E-state index in [0.29, 0.717) is 25.7 Å². The number of allylic oxidation sites excluding steroid dienone is 2. The van der Waals surface area contributed by atoms with Crippen molar-refractivity contribution in [1.29, 1.82) is 0 Å². The monoisotopic (exact) mass is 639 g/mol. The molecule has 0 spiro atoms. The SMILES string of the molecule is CCCCCCCCCCCCCC/C=C/CCCCCCC[N+](C(CCC)C(=O)O)(C(CCC)C(=O)O)C(CCC)C(=O)O. The van der Waals surface area contributed by atoms with E-state index in [1.165, 1.54) is 77.0 Å². The molecule has 0 saturated heterocycles. The van der Waals surface area contributed by atoms with E-state index in [4.69, 9.17) is 0 Å². The predicted molar refractivity (Wildman–Crippen MR) is 187 cm³/mol. The molecule has 3 atom stereocenters. The molecule has 0 aliphatic heterocycles. The molecule has 0 amide bonds. The third-order valence-corrected chi connectivity index (χ3v) is 9.59. The first-order valence-corrected chi connectivity index (χ1v) is 18.9. The van der Waals surface area contributed by atoms with Gasteiger partial charge in [0, 0.05) is 19.3 Å². The third kappa shape index (κ3) is 18.1. The Morgan fingerprint density at radius 1 is 0.444 bits per heavy atom. The van der Waals surface area contributed by atoms with Crippen LogP contribution >= 0.6 is 0 Å². The lowest BCUT2D eigenvalue weighted by Crippen LogP contribution is -2.72. The van der Waals surface area contributed by atoms with Crippen LogP contribution in [0.2, 0.25) is 0 Å². The number of carboxylic acids is 3. The normalized spacial score (nSPS) is 15.1. The molecule has 0 fully saturated rings. The molecule has 3 unspecified atom stereocenters. The van der Waals surface area contributed by atoms with Gasteiger partial charge in [-0.3, -0.25) is 4.48 Å². The van der Waals surface area contributed by atoms with Gasteiger partial charge >= 0.3 is 17.9 Å². The highest BCUT2D eigenvalue weighted by molar-refractivity contribution is 5.78. The lowest BCUT2D eigenvalue weighted by atomic mass is 9.91. The van der Waals surface area contributed by atoms with Gasteiger partial charge in [-0.2, -0.15) is 0 Å². The number of aliphatic carboxylic acids is 3. The lowest BCUT2D eigenvalue weighted by molar-refractivity contribution is -0.973. The predicted octanol–water partition coefficient (Wildman–Crippen LogP) is 10.6. The summed E-state index contributed by atoms with van der Waals surface area (Å²) in [6.45, 7) is 8.17. The Kier molecular flexibility index (Phi) is 27.2. The van der Waals surface area contributed by atoms with Gasteiger partial charge in [0.1, 0.15) is 0 Å². The summed E-state index contributed by atoms with van der Waals surface area (Å²) in [7, 11) is 0. The Balaban J connectivity index is 4.71. The van der Waals surface area contributed by atoms with E-state index in [-0.39, 0.29) is 30.3 Å². The van der Waals surface area contributed by atoms with Crippen LogP contribution in [0.3, 0.4) is 0 Å². The topological polar surface area (TPSA) is 112 Å². The molecule has 0 bridgehead atoms. The fraction of sp³-hybridized carbons (Fsp3) is 0.868. The largest absolute Gasteiger partial charge is 0.477 e. The summed E-state index contributed by atoms with van der Waals surface area (Å²) in [5.41, 5.74) is 0. The second-order valence-electron chi connectivity index (χ2n) is 13.4. The van der Waals surface area contributed by atoms with E-state index in [1.54, 1.807) is 0 Å². The quantitative estimate of drug-likeness (QED) is 0.0374. The molecule has 3 N–H and O–H groups in total. The molecule has 0 aromatic carbocycles. The zero-order valence-corrected chi connectivity index (χ0v) is 29.8. The van der Waals surface area contributed by atoms with Crippen molar-refractivity contribution in [3.05, 3.63) is 12.2 Å². The van der Waals surface area contributed by atoms with Crippen LogP contribution in [-0.2, 0) is 14.4 Å². The molecule has 0 aromatic heterocycles. The molecule has 0 heterocycles. The average Bonchev–Trinajstić information content (AvgIpc) is 3.00. The van der Waals surface area contributed by atoms with Gasteiger partial charge < -0.3 is 15.3 Å². The number of hydrogen-bond donors (Lipinski definition) is 3. The van der Waals surface area contributed by atoms with Gasteiger partial charge in [-0.25, -0.2) is 14.4 Å². The van der Waals surface area contributed by atoms with Crippen LogP contribution in [0.25, 0.3) is 0 Å². The Hall–Kier alpha value is -1.89. The van der Waals surface area contributed by atoms with Crippen molar-refractivity contribution in [1.82, 2.24) is 0 Å². The molecule has 7 nitrogen and oxygen atoms in total. The molecule has 0 rings (SSSR count). The number of quaternary nitrogens is 1. The van der Waals surface area contributed by atoms with Gasteiger partial charge in [0.15, 0.2) is 18.1 Å². The van der Waals surface area contributed by atoms with E-state index < -0.39 is 36.0 Å². The summed E-state index contributed by atoms with van der Waals surface area (Å²) >= 11 is 0. The molecule has 264 valence electrons. The Morgan fingerprint density at radius 3 is 1.02 bits per heavy atom. The molecule has 0 aromatic rings. The Bertz CT molecular complexity index is 722. The highest BCUT2D eigenvalue weighted by Crippen LogP contribution is 2.34. The lowest BCUT2D eigenvalue weighted by Gasteiger charge is -2.50. The van der Waals surface area contributed by atoms with Gasteiger partial charge in [-0.05, 0) is 57.8 Å². The van der Waals surface area contributed by atoms with Crippen molar-refractivity contribution in [2.75, 3.05) is 6.54 Å². The van der Waals surface area contributed by atoms with E-state index in [9.17, 15) is 29.7 Å². The highest BCUT2D eigenvalue weighted by atomic mass is 16.4. The van der Waals surface area contributed by atoms with Crippen molar-refractivity contribution >= 4 is 17.9 Å². The number of rotatable bonds is 33. The summed E-state index contributed by atoms with van der Waals surface area (Å²) < 4.78 is -0.378. The minimum absolute atomic E-state index is 0.266. The van der Waals surface area contributed by atoms with Gasteiger partial charge in [-0.15, -0.1) is 0 Å². The number of carbonyl (C=O) groups is 3. The van der Waals surface area contributed by atoms with Gasteiger partial charge in [0.05, 0.1) is 6.54 Å². The van der Waals surface area contributed by atoms with Crippen LogP contribution in [0.4, 0.5) is 0 Å². The molecule has 7 heteroatoms. The van der Waals surface area contributed by atoms with E-state index in [2.05, 4.69) is 19.1 Å². The third-order valence-electron chi connectivity index (χ3n) is 9.59. The maximum absolute atomic E-state index is 12.6.